The Hall–Kier alpha value is -1.30. The van der Waals surface area contributed by atoms with Gasteiger partial charge in [0, 0.05) is 12.0 Å². The van der Waals surface area contributed by atoms with Crippen molar-refractivity contribution in [2.75, 3.05) is 0 Å². The van der Waals surface area contributed by atoms with Crippen LogP contribution in [0.1, 0.15) is 45.4 Å². The van der Waals surface area contributed by atoms with Crippen LogP contribution in [0.2, 0.25) is 0 Å². The summed E-state index contributed by atoms with van der Waals surface area (Å²) in [4.78, 5) is 14.7. The van der Waals surface area contributed by atoms with Gasteiger partial charge in [0.15, 0.2) is 0 Å². The molecule has 0 aromatic heterocycles. The van der Waals surface area contributed by atoms with Crippen LogP contribution >= 0.6 is 0 Å². The van der Waals surface area contributed by atoms with Crippen molar-refractivity contribution in [2.24, 2.45) is 17.3 Å². The minimum absolute atomic E-state index is 0.0237. The summed E-state index contributed by atoms with van der Waals surface area (Å²) in [5.74, 6) is 0.769. The molecule has 0 spiro atoms. The van der Waals surface area contributed by atoms with Gasteiger partial charge in [-0.15, -0.1) is 6.58 Å². The van der Waals surface area contributed by atoms with Crippen LogP contribution in [0.25, 0.3) is 0 Å². The van der Waals surface area contributed by atoms with Crippen LogP contribution in [0.3, 0.4) is 0 Å². The van der Waals surface area contributed by atoms with Crippen LogP contribution in [-0.2, 0) is 4.79 Å². The van der Waals surface area contributed by atoms with Gasteiger partial charge in [0.25, 0.3) is 0 Å². The minimum atomic E-state index is -0.179. The molecular formula is C16H22N2O. The quantitative estimate of drug-likeness (QED) is 0.731. The van der Waals surface area contributed by atoms with Gasteiger partial charge in [-0.05, 0) is 37.0 Å². The molecule has 1 amide bonds. The van der Waals surface area contributed by atoms with Crippen LogP contribution in [0.15, 0.2) is 12.7 Å². The molecule has 2 saturated carbocycles. The van der Waals surface area contributed by atoms with Gasteiger partial charge < -0.3 is 4.90 Å². The van der Waals surface area contributed by atoms with Crippen LogP contribution in [-0.4, -0.2) is 22.9 Å². The smallest absolute Gasteiger partial charge is 0.227 e. The van der Waals surface area contributed by atoms with Crippen molar-refractivity contribution in [1.82, 2.24) is 4.90 Å². The highest BCUT2D eigenvalue weighted by Crippen LogP contribution is 2.51. The molecule has 102 valence electrons. The Morgan fingerprint density at radius 3 is 2.74 bits per heavy atom. The Bertz CT molecular complexity index is 444. The Morgan fingerprint density at radius 2 is 2.16 bits per heavy atom. The van der Waals surface area contributed by atoms with E-state index in [-0.39, 0.29) is 23.3 Å². The van der Waals surface area contributed by atoms with E-state index in [9.17, 15) is 10.1 Å². The van der Waals surface area contributed by atoms with Crippen molar-refractivity contribution in [3.8, 4) is 6.07 Å². The second kappa shape index (κ2) is 4.37. The zero-order chi connectivity index (χ0) is 13.6. The van der Waals surface area contributed by atoms with E-state index in [1.807, 2.05) is 17.9 Å². The van der Waals surface area contributed by atoms with Crippen molar-refractivity contribution in [3.05, 3.63) is 12.7 Å². The molecule has 3 fully saturated rings. The molecule has 1 heterocycles. The molecule has 1 saturated heterocycles. The molecule has 3 rings (SSSR count). The van der Waals surface area contributed by atoms with Gasteiger partial charge in [-0.1, -0.05) is 25.8 Å². The van der Waals surface area contributed by atoms with Crippen LogP contribution in [0.4, 0.5) is 0 Å². The molecule has 0 radical (unpaired) electrons. The highest BCUT2D eigenvalue weighted by molar-refractivity contribution is 5.81. The van der Waals surface area contributed by atoms with Crippen molar-refractivity contribution in [2.45, 2.75) is 57.5 Å². The number of likely N-dealkylation sites (tertiary alicyclic amines) is 1. The van der Waals surface area contributed by atoms with E-state index in [2.05, 4.69) is 12.6 Å². The third-order valence-electron chi connectivity index (χ3n) is 5.68. The van der Waals surface area contributed by atoms with Crippen molar-refractivity contribution >= 4 is 5.91 Å². The summed E-state index contributed by atoms with van der Waals surface area (Å²) in [6.45, 7) is 6.02. The predicted octanol–water partition coefficient (Wildman–Crippen LogP) is 2.88. The molecular weight excluding hydrogens is 236 g/mol. The molecule has 0 aromatic rings. The molecule has 3 nitrogen and oxygen atoms in total. The number of hydrogen-bond donors (Lipinski definition) is 0. The van der Waals surface area contributed by atoms with Crippen molar-refractivity contribution < 1.29 is 4.79 Å². The number of nitrogens with zero attached hydrogens (tertiary/aromatic N) is 2. The summed E-state index contributed by atoms with van der Waals surface area (Å²) in [5.41, 5.74) is -0.0237. The fourth-order valence-corrected chi connectivity index (χ4v) is 4.21. The molecule has 0 aromatic carbocycles. The number of piperidine rings is 1. The van der Waals surface area contributed by atoms with Gasteiger partial charge in [0.2, 0.25) is 5.91 Å². The third-order valence-corrected chi connectivity index (χ3v) is 5.68. The first-order chi connectivity index (χ1) is 9.13. The first kappa shape index (κ1) is 12.7. The van der Waals surface area contributed by atoms with E-state index >= 15 is 0 Å². The van der Waals surface area contributed by atoms with Crippen LogP contribution in [0.5, 0.6) is 0 Å². The van der Waals surface area contributed by atoms with Gasteiger partial charge in [-0.2, -0.15) is 5.26 Å². The molecule has 4 atom stereocenters. The summed E-state index contributed by atoms with van der Waals surface area (Å²) >= 11 is 0. The van der Waals surface area contributed by atoms with Crippen molar-refractivity contribution in [3.63, 3.8) is 0 Å². The highest BCUT2D eigenvalue weighted by atomic mass is 16.2. The lowest BCUT2D eigenvalue weighted by Crippen LogP contribution is -2.45. The summed E-state index contributed by atoms with van der Waals surface area (Å²) < 4.78 is 0. The zero-order valence-electron chi connectivity index (χ0n) is 11.6. The largest absolute Gasteiger partial charge is 0.323 e. The number of amides is 1. The summed E-state index contributed by atoms with van der Waals surface area (Å²) in [5, 5.41) is 9.23. The molecule has 0 bridgehead atoms. The maximum Gasteiger partial charge on any atom is 0.227 e. The number of nitriles is 1. The fraction of sp³-hybridized carbons (Fsp3) is 0.750. The van der Waals surface area contributed by atoms with E-state index in [0.29, 0.717) is 12.0 Å². The van der Waals surface area contributed by atoms with Crippen LogP contribution in [0, 0.1) is 28.6 Å². The maximum absolute atomic E-state index is 12.8. The first-order valence-electron chi connectivity index (χ1n) is 7.48. The Balaban J connectivity index is 1.80. The molecule has 19 heavy (non-hydrogen) atoms. The van der Waals surface area contributed by atoms with E-state index in [1.165, 1.54) is 12.8 Å². The van der Waals surface area contributed by atoms with E-state index in [4.69, 9.17) is 0 Å². The second-order valence-electron chi connectivity index (χ2n) is 6.56. The summed E-state index contributed by atoms with van der Waals surface area (Å²) in [6.07, 6.45) is 8.53. The van der Waals surface area contributed by atoms with Gasteiger partial charge in [0.1, 0.15) is 6.04 Å². The van der Waals surface area contributed by atoms with E-state index < -0.39 is 0 Å². The summed E-state index contributed by atoms with van der Waals surface area (Å²) in [7, 11) is 0. The molecule has 1 aliphatic heterocycles. The van der Waals surface area contributed by atoms with Gasteiger partial charge >= 0.3 is 0 Å². The number of allylic oxidation sites excluding steroid dienone is 1. The normalized spacial score (nSPS) is 36.4. The highest BCUT2D eigenvalue weighted by Gasteiger charge is 2.56. The van der Waals surface area contributed by atoms with Gasteiger partial charge in [-0.3, -0.25) is 4.79 Å². The second-order valence-corrected chi connectivity index (χ2v) is 6.56. The average molecular weight is 258 g/mol. The molecule has 1 unspecified atom stereocenters. The Morgan fingerprint density at radius 1 is 1.47 bits per heavy atom. The maximum atomic E-state index is 12.8. The SMILES string of the molecule is C=CC1(C(C)C(=O)N2[C@H](C#N)C[C@@H]3C[C@@H]32)CCCC1. The number of fused-ring (bicyclic) bond motifs is 1. The Labute approximate surface area is 115 Å². The van der Waals surface area contributed by atoms with Gasteiger partial charge in [0.05, 0.1) is 6.07 Å². The average Bonchev–Trinajstić information content (AvgIpc) is 2.91. The molecule has 2 aliphatic carbocycles. The zero-order valence-corrected chi connectivity index (χ0v) is 11.6. The van der Waals surface area contributed by atoms with Gasteiger partial charge in [-0.25, -0.2) is 0 Å². The van der Waals surface area contributed by atoms with Crippen molar-refractivity contribution in [1.29, 1.82) is 5.26 Å². The van der Waals surface area contributed by atoms with E-state index in [1.54, 1.807) is 0 Å². The number of hydrogen-bond acceptors (Lipinski definition) is 2. The van der Waals surface area contributed by atoms with E-state index in [0.717, 1.165) is 25.7 Å². The van der Waals surface area contributed by atoms with Crippen LogP contribution < -0.4 is 0 Å². The minimum Gasteiger partial charge on any atom is -0.323 e. The standard InChI is InChI=1S/C16H22N2O/c1-3-16(6-4-5-7-16)11(2)15(19)18-13(10-17)8-12-9-14(12)18/h3,11-14H,1,4-9H2,2H3/t11?,12-,13+,14+/m1/s1. The monoisotopic (exact) mass is 258 g/mol. The topological polar surface area (TPSA) is 44.1 Å². The lowest BCUT2D eigenvalue weighted by molar-refractivity contribution is -0.139. The molecule has 3 heteroatoms. The molecule has 0 N–H and O–H groups in total. The lowest BCUT2D eigenvalue weighted by Gasteiger charge is -2.35. The lowest BCUT2D eigenvalue weighted by atomic mass is 9.74. The predicted molar refractivity (Wildman–Crippen MR) is 73.0 cm³/mol. The number of carbonyl (C=O) groups is 1. The fourth-order valence-electron chi connectivity index (χ4n) is 4.21. The third kappa shape index (κ3) is 1.81. The number of rotatable bonds is 3. The summed E-state index contributed by atoms with van der Waals surface area (Å²) in [6, 6.07) is 2.50. The number of carbonyl (C=O) groups excluding carboxylic acids is 1. The first-order valence-corrected chi connectivity index (χ1v) is 7.48. The molecule has 3 aliphatic rings. The Kier molecular flexibility index (Phi) is 2.92.